The molecule has 0 heterocycles. The van der Waals surface area contributed by atoms with E-state index in [2.05, 4.69) is 0 Å². The molecule has 0 unspecified atom stereocenters. The van der Waals surface area contributed by atoms with Gasteiger partial charge < -0.3 is 4.55 Å². The van der Waals surface area contributed by atoms with Crippen molar-refractivity contribution >= 4 is 10.1 Å². The molecule has 0 radical (unpaired) electrons. The Hall–Kier alpha value is 0.935. The summed E-state index contributed by atoms with van der Waals surface area (Å²) < 4.78 is 31.2. The Morgan fingerprint density at radius 2 is 1.58 bits per heavy atom. The third-order valence-electron chi connectivity index (χ3n) is 1.31. The Balaban J connectivity index is 0.00000121. The maximum Gasteiger partial charge on any atom is 1.00 e. The van der Waals surface area contributed by atoms with Crippen LogP contribution in [0.2, 0.25) is 0 Å². The average Bonchev–Trinajstić information content (AvgIpc) is 1.86. The van der Waals surface area contributed by atoms with Crippen LogP contribution in [0, 0.1) is 6.92 Å². The molecule has 0 bridgehead atoms. The summed E-state index contributed by atoms with van der Waals surface area (Å²) in [7, 11) is -4.27. The van der Waals surface area contributed by atoms with Gasteiger partial charge in [0, 0.05) is 0 Å². The number of hydrogen-bond donors (Lipinski definition) is 0. The molecule has 60 valence electrons. The first-order valence-corrected chi connectivity index (χ1v) is 4.43. The molecule has 0 atom stereocenters. The van der Waals surface area contributed by atoms with Gasteiger partial charge in [-0.25, -0.2) is 8.42 Å². The molecule has 0 saturated heterocycles. The van der Waals surface area contributed by atoms with Crippen molar-refractivity contribution in [2.45, 2.75) is 11.8 Å². The molecular formula is C7H7O3RbS. The monoisotopic (exact) mass is 256 g/mol. The Morgan fingerprint density at radius 1 is 1.17 bits per heavy atom. The molecule has 1 rings (SSSR count). The predicted molar refractivity (Wildman–Crippen MR) is 39.1 cm³/mol. The van der Waals surface area contributed by atoms with Gasteiger partial charge in [0.1, 0.15) is 10.1 Å². The summed E-state index contributed by atoms with van der Waals surface area (Å²) in [6, 6.07) is 5.78. The molecule has 0 saturated carbocycles. The summed E-state index contributed by atoms with van der Waals surface area (Å²) in [6.45, 7) is 1.82. The smallest absolute Gasteiger partial charge is 0.744 e. The Kier molecular flexibility index (Phi) is 5.36. The zero-order chi connectivity index (χ0) is 8.48. The average molecular weight is 257 g/mol. The van der Waals surface area contributed by atoms with E-state index in [9.17, 15) is 13.0 Å². The standard InChI is InChI=1S/C7H8O3S.Rb/c1-6-2-4-7(5-3-6)11(8,9)10;/h2-5H,1H3,(H,8,9,10);/q;+1/p-1. The van der Waals surface area contributed by atoms with Gasteiger partial charge in [0.25, 0.3) is 0 Å². The summed E-state index contributed by atoms with van der Waals surface area (Å²) in [6.07, 6.45) is 0. The van der Waals surface area contributed by atoms with Gasteiger partial charge >= 0.3 is 58.2 Å². The normalized spacial score (nSPS) is 10.5. The van der Waals surface area contributed by atoms with Gasteiger partial charge in [0.05, 0.1) is 4.90 Å². The molecule has 12 heavy (non-hydrogen) atoms. The minimum absolute atomic E-state index is 0. The molecule has 0 amide bonds. The van der Waals surface area contributed by atoms with Gasteiger partial charge in [-0.15, -0.1) is 0 Å². The molecule has 0 aliphatic rings. The summed E-state index contributed by atoms with van der Waals surface area (Å²) in [4.78, 5) is -0.178. The van der Waals surface area contributed by atoms with Crippen LogP contribution in [0.1, 0.15) is 5.56 Å². The summed E-state index contributed by atoms with van der Waals surface area (Å²) in [5, 5.41) is 0. The maximum absolute atomic E-state index is 10.4. The van der Waals surface area contributed by atoms with E-state index in [4.69, 9.17) is 0 Å². The van der Waals surface area contributed by atoms with Crippen molar-refractivity contribution in [2.75, 3.05) is 0 Å². The predicted octanol–water partition coefficient (Wildman–Crippen LogP) is -2.10. The van der Waals surface area contributed by atoms with Gasteiger partial charge in [-0.3, -0.25) is 0 Å². The van der Waals surface area contributed by atoms with E-state index < -0.39 is 10.1 Å². The fourth-order valence-electron chi connectivity index (χ4n) is 0.705. The second-order valence-electron chi connectivity index (χ2n) is 2.27. The van der Waals surface area contributed by atoms with Crippen LogP contribution in [0.25, 0.3) is 0 Å². The van der Waals surface area contributed by atoms with E-state index in [0.29, 0.717) is 0 Å². The van der Waals surface area contributed by atoms with Crippen LogP contribution in [-0.4, -0.2) is 13.0 Å². The van der Waals surface area contributed by atoms with Crippen molar-refractivity contribution in [1.82, 2.24) is 0 Å². The van der Waals surface area contributed by atoms with E-state index in [1.807, 2.05) is 6.92 Å². The zero-order valence-corrected chi connectivity index (χ0v) is 12.7. The molecule has 0 fully saturated rings. The maximum atomic E-state index is 10.4. The first kappa shape index (κ1) is 12.9. The largest absolute Gasteiger partial charge is 1.00 e. The fraction of sp³-hybridized carbons (Fsp3) is 0.143. The summed E-state index contributed by atoms with van der Waals surface area (Å²) >= 11 is 0. The van der Waals surface area contributed by atoms with Gasteiger partial charge in [-0.2, -0.15) is 0 Å². The zero-order valence-electron chi connectivity index (χ0n) is 6.94. The molecule has 0 N–H and O–H groups in total. The molecule has 0 aromatic heterocycles. The van der Waals surface area contributed by atoms with Crippen molar-refractivity contribution in [3.8, 4) is 0 Å². The Labute approximate surface area is 121 Å². The van der Waals surface area contributed by atoms with Crippen LogP contribution in [0.4, 0.5) is 0 Å². The number of rotatable bonds is 1. The quantitative estimate of drug-likeness (QED) is 0.541. The number of aryl methyl sites for hydroxylation is 1. The van der Waals surface area contributed by atoms with Crippen molar-refractivity contribution in [2.24, 2.45) is 0 Å². The second-order valence-corrected chi connectivity index (χ2v) is 3.65. The van der Waals surface area contributed by atoms with Crippen LogP contribution in [0.5, 0.6) is 0 Å². The molecule has 1 aromatic rings. The summed E-state index contributed by atoms with van der Waals surface area (Å²) in [5.41, 5.74) is 0.928. The minimum Gasteiger partial charge on any atom is -0.744 e. The van der Waals surface area contributed by atoms with Crippen LogP contribution in [-0.2, 0) is 10.1 Å². The van der Waals surface area contributed by atoms with Crippen LogP contribution < -0.4 is 58.2 Å². The molecule has 1 aromatic carbocycles. The third kappa shape index (κ3) is 3.76. The van der Waals surface area contributed by atoms with E-state index in [0.717, 1.165) is 5.56 Å². The SMILES string of the molecule is Cc1ccc(S(=O)(=O)[O-])cc1.[Rb+]. The Bertz CT molecular complexity index is 341. The number of hydrogen-bond acceptors (Lipinski definition) is 3. The minimum atomic E-state index is -4.27. The fourth-order valence-corrected chi connectivity index (χ4v) is 1.17. The molecule has 3 nitrogen and oxygen atoms in total. The Morgan fingerprint density at radius 3 is 1.92 bits per heavy atom. The molecular weight excluding hydrogens is 250 g/mol. The van der Waals surface area contributed by atoms with Crippen molar-refractivity contribution in [3.63, 3.8) is 0 Å². The van der Waals surface area contributed by atoms with Gasteiger partial charge in [-0.1, -0.05) is 17.7 Å². The number of benzene rings is 1. The van der Waals surface area contributed by atoms with Crippen LogP contribution in [0.3, 0.4) is 0 Å². The second kappa shape index (κ2) is 4.98. The van der Waals surface area contributed by atoms with E-state index in [-0.39, 0.29) is 63.1 Å². The van der Waals surface area contributed by atoms with E-state index in [1.54, 1.807) is 12.1 Å². The molecule has 0 spiro atoms. The first-order valence-electron chi connectivity index (χ1n) is 3.03. The van der Waals surface area contributed by atoms with Crippen LogP contribution >= 0.6 is 0 Å². The first-order chi connectivity index (χ1) is 5.00. The van der Waals surface area contributed by atoms with Gasteiger partial charge in [0.2, 0.25) is 0 Å². The van der Waals surface area contributed by atoms with E-state index >= 15 is 0 Å². The van der Waals surface area contributed by atoms with Gasteiger partial charge in [-0.05, 0) is 19.1 Å². The van der Waals surface area contributed by atoms with Crippen molar-refractivity contribution in [1.29, 1.82) is 0 Å². The third-order valence-corrected chi connectivity index (χ3v) is 2.16. The topological polar surface area (TPSA) is 57.2 Å². The summed E-state index contributed by atoms with van der Waals surface area (Å²) in [5.74, 6) is 0. The van der Waals surface area contributed by atoms with Crippen molar-refractivity contribution < 1.29 is 71.2 Å². The van der Waals surface area contributed by atoms with E-state index in [1.165, 1.54) is 12.1 Å². The van der Waals surface area contributed by atoms with Crippen LogP contribution in [0.15, 0.2) is 29.2 Å². The molecule has 0 aliphatic carbocycles. The van der Waals surface area contributed by atoms with Crippen molar-refractivity contribution in [3.05, 3.63) is 29.8 Å². The van der Waals surface area contributed by atoms with Gasteiger partial charge in [0.15, 0.2) is 0 Å². The molecule has 5 heteroatoms. The molecule has 0 aliphatic heterocycles.